The van der Waals surface area contributed by atoms with Crippen LogP contribution >= 0.6 is 0 Å². The predicted molar refractivity (Wildman–Crippen MR) is 96.5 cm³/mol. The highest BCUT2D eigenvalue weighted by Crippen LogP contribution is 2.17. The Labute approximate surface area is 152 Å². The number of rotatable bonds is 8. The molecule has 0 heterocycles. The molecule has 0 atom stereocenters. The lowest BCUT2D eigenvalue weighted by atomic mass is 9.92. The summed E-state index contributed by atoms with van der Waals surface area (Å²) in [7, 11) is 0. The molecule has 142 valence electrons. The topological polar surface area (TPSA) is 125 Å². The summed E-state index contributed by atoms with van der Waals surface area (Å²) < 4.78 is 0. The Kier molecular flexibility index (Phi) is 7.77. The summed E-state index contributed by atoms with van der Waals surface area (Å²) in [5, 5.41) is 16.0. The van der Waals surface area contributed by atoms with Gasteiger partial charge in [0.15, 0.2) is 0 Å². The highest BCUT2D eigenvalue weighted by molar-refractivity contribution is 5.94. The standard InChI is InChI=1S/C18H25N3O5/c1-18(2,3)9-15(23)19-10-16(24)21-13-6-4-12(5-7-13)8-14(22)20-11-17(25)26/h4-7H,8-11H2,1-3H3,(H,19,23)(H,20,22)(H,21,24)(H,25,26). The maximum atomic E-state index is 11.8. The van der Waals surface area contributed by atoms with Crippen LogP contribution in [0.3, 0.4) is 0 Å². The van der Waals surface area contributed by atoms with Gasteiger partial charge in [-0.2, -0.15) is 0 Å². The number of carboxylic acids is 1. The molecule has 8 nitrogen and oxygen atoms in total. The third kappa shape index (κ3) is 9.41. The summed E-state index contributed by atoms with van der Waals surface area (Å²) in [6.45, 7) is 5.28. The SMILES string of the molecule is CC(C)(C)CC(=O)NCC(=O)Nc1ccc(CC(=O)NCC(=O)O)cc1. The molecule has 8 heteroatoms. The largest absolute Gasteiger partial charge is 0.480 e. The van der Waals surface area contributed by atoms with Crippen molar-refractivity contribution in [2.75, 3.05) is 18.4 Å². The molecule has 0 bridgehead atoms. The summed E-state index contributed by atoms with van der Waals surface area (Å²) in [5.41, 5.74) is 1.08. The number of carbonyl (C=O) groups is 4. The second kappa shape index (κ2) is 9.55. The van der Waals surface area contributed by atoms with E-state index in [1.54, 1.807) is 24.3 Å². The van der Waals surface area contributed by atoms with Crippen LogP contribution in [-0.2, 0) is 25.6 Å². The molecule has 0 aliphatic heterocycles. The number of benzene rings is 1. The van der Waals surface area contributed by atoms with Gasteiger partial charge >= 0.3 is 5.97 Å². The van der Waals surface area contributed by atoms with Gasteiger partial charge in [-0.1, -0.05) is 32.9 Å². The summed E-state index contributed by atoms with van der Waals surface area (Å²) in [4.78, 5) is 45.5. The maximum absolute atomic E-state index is 11.8. The first kappa shape index (κ1) is 21.1. The molecule has 0 spiro atoms. The van der Waals surface area contributed by atoms with Crippen LogP contribution in [0, 0.1) is 5.41 Å². The molecular formula is C18H25N3O5. The van der Waals surface area contributed by atoms with Crippen molar-refractivity contribution in [1.29, 1.82) is 0 Å². The van der Waals surface area contributed by atoms with E-state index >= 15 is 0 Å². The van der Waals surface area contributed by atoms with Crippen LogP contribution in [0.25, 0.3) is 0 Å². The minimum absolute atomic E-state index is 0.0460. The van der Waals surface area contributed by atoms with Crippen molar-refractivity contribution >= 4 is 29.4 Å². The van der Waals surface area contributed by atoms with Crippen LogP contribution in [0.1, 0.15) is 32.8 Å². The summed E-state index contributed by atoms with van der Waals surface area (Å²) >= 11 is 0. The van der Waals surface area contributed by atoms with E-state index in [1.807, 2.05) is 20.8 Å². The Morgan fingerprint density at radius 3 is 2.00 bits per heavy atom. The normalized spacial score (nSPS) is 10.7. The highest BCUT2D eigenvalue weighted by atomic mass is 16.4. The van der Waals surface area contributed by atoms with Crippen LogP contribution in [-0.4, -0.2) is 41.9 Å². The van der Waals surface area contributed by atoms with Gasteiger partial charge in [0.2, 0.25) is 17.7 Å². The van der Waals surface area contributed by atoms with Gasteiger partial charge in [0.25, 0.3) is 0 Å². The van der Waals surface area contributed by atoms with E-state index in [2.05, 4.69) is 16.0 Å². The number of anilines is 1. The van der Waals surface area contributed by atoms with Crippen LogP contribution in [0.5, 0.6) is 0 Å². The molecule has 0 aliphatic carbocycles. The van der Waals surface area contributed by atoms with E-state index in [4.69, 9.17) is 5.11 Å². The lowest BCUT2D eigenvalue weighted by Crippen LogP contribution is -2.34. The Morgan fingerprint density at radius 1 is 0.885 bits per heavy atom. The molecule has 26 heavy (non-hydrogen) atoms. The fourth-order valence-corrected chi connectivity index (χ4v) is 2.06. The highest BCUT2D eigenvalue weighted by Gasteiger charge is 2.16. The smallest absolute Gasteiger partial charge is 0.322 e. The van der Waals surface area contributed by atoms with E-state index in [9.17, 15) is 19.2 Å². The van der Waals surface area contributed by atoms with Gasteiger partial charge in [-0.15, -0.1) is 0 Å². The van der Waals surface area contributed by atoms with Crippen molar-refractivity contribution in [3.05, 3.63) is 29.8 Å². The average Bonchev–Trinajstić information content (AvgIpc) is 2.51. The Morgan fingerprint density at radius 2 is 1.46 bits per heavy atom. The van der Waals surface area contributed by atoms with Crippen molar-refractivity contribution in [2.24, 2.45) is 5.41 Å². The van der Waals surface area contributed by atoms with Crippen LogP contribution in [0.4, 0.5) is 5.69 Å². The van der Waals surface area contributed by atoms with E-state index < -0.39 is 18.4 Å². The number of nitrogens with one attached hydrogen (secondary N) is 3. The lowest BCUT2D eigenvalue weighted by molar-refractivity contribution is -0.137. The summed E-state index contributed by atoms with van der Waals surface area (Å²) in [6.07, 6.45) is 0.378. The molecule has 3 amide bonds. The van der Waals surface area contributed by atoms with Gasteiger partial charge < -0.3 is 21.1 Å². The zero-order valence-corrected chi connectivity index (χ0v) is 15.2. The molecule has 1 aromatic carbocycles. The molecule has 0 aliphatic rings. The first-order chi connectivity index (χ1) is 12.0. The van der Waals surface area contributed by atoms with Crippen molar-refractivity contribution in [3.8, 4) is 0 Å². The van der Waals surface area contributed by atoms with Gasteiger partial charge in [-0.05, 0) is 23.1 Å². The van der Waals surface area contributed by atoms with Gasteiger partial charge in [-0.25, -0.2) is 0 Å². The monoisotopic (exact) mass is 363 g/mol. The molecule has 0 saturated carbocycles. The molecule has 4 N–H and O–H groups in total. The Hall–Kier alpha value is -2.90. The first-order valence-corrected chi connectivity index (χ1v) is 8.19. The first-order valence-electron chi connectivity index (χ1n) is 8.19. The third-order valence-electron chi connectivity index (χ3n) is 3.18. The fourth-order valence-electron chi connectivity index (χ4n) is 2.06. The number of hydrogen-bond donors (Lipinski definition) is 4. The number of hydrogen-bond acceptors (Lipinski definition) is 4. The summed E-state index contributed by atoms with van der Waals surface area (Å²) in [5.74, 6) is -2.04. The quantitative estimate of drug-likeness (QED) is 0.547. The number of amides is 3. The van der Waals surface area contributed by atoms with Gasteiger partial charge in [-0.3, -0.25) is 19.2 Å². The number of carboxylic acid groups (broad SMARTS) is 1. The molecule has 0 radical (unpaired) electrons. The van der Waals surface area contributed by atoms with Gasteiger partial charge in [0.05, 0.1) is 13.0 Å². The molecule has 1 aromatic rings. The van der Waals surface area contributed by atoms with Crippen molar-refractivity contribution in [3.63, 3.8) is 0 Å². The molecule has 0 unspecified atom stereocenters. The predicted octanol–water partition coefficient (Wildman–Crippen LogP) is 0.921. The van der Waals surface area contributed by atoms with Crippen LogP contribution < -0.4 is 16.0 Å². The average molecular weight is 363 g/mol. The second-order valence-corrected chi connectivity index (χ2v) is 7.11. The van der Waals surface area contributed by atoms with E-state index in [0.717, 1.165) is 0 Å². The Balaban J connectivity index is 2.41. The molecular weight excluding hydrogens is 338 g/mol. The second-order valence-electron chi connectivity index (χ2n) is 7.11. The van der Waals surface area contributed by atoms with Gasteiger partial charge in [0, 0.05) is 12.1 Å². The Bertz CT molecular complexity index is 662. The van der Waals surface area contributed by atoms with Gasteiger partial charge in [0.1, 0.15) is 6.54 Å². The maximum Gasteiger partial charge on any atom is 0.322 e. The van der Waals surface area contributed by atoms with Crippen molar-refractivity contribution in [1.82, 2.24) is 10.6 Å². The molecule has 0 fully saturated rings. The molecule has 0 saturated heterocycles. The number of aliphatic carboxylic acids is 1. The minimum atomic E-state index is -1.11. The molecule has 0 aromatic heterocycles. The zero-order valence-electron chi connectivity index (χ0n) is 15.2. The van der Waals surface area contributed by atoms with E-state index in [1.165, 1.54) is 0 Å². The molecule has 1 rings (SSSR count). The lowest BCUT2D eigenvalue weighted by Gasteiger charge is -2.17. The zero-order chi connectivity index (χ0) is 19.7. The van der Waals surface area contributed by atoms with E-state index in [-0.39, 0.29) is 30.2 Å². The fraction of sp³-hybridized carbons (Fsp3) is 0.444. The third-order valence-corrected chi connectivity index (χ3v) is 3.18. The summed E-state index contributed by atoms with van der Waals surface area (Å²) in [6, 6.07) is 6.59. The van der Waals surface area contributed by atoms with Crippen molar-refractivity contribution in [2.45, 2.75) is 33.6 Å². The van der Waals surface area contributed by atoms with Crippen molar-refractivity contribution < 1.29 is 24.3 Å². The van der Waals surface area contributed by atoms with E-state index in [0.29, 0.717) is 17.7 Å². The number of carbonyl (C=O) groups excluding carboxylic acids is 3. The van der Waals surface area contributed by atoms with Crippen LogP contribution in [0.2, 0.25) is 0 Å². The van der Waals surface area contributed by atoms with Crippen LogP contribution in [0.15, 0.2) is 24.3 Å². The minimum Gasteiger partial charge on any atom is -0.480 e.